The van der Waals surface area contributed by atoms with E-state index in [1.165, 1.54) is 45.4 Å². The van der Waals surface area contributed by atoms with Gasteiger partial charge in [-0.05, 0) is 6.42 Å². The quantitative estimate of drug-likeness (QED) is 0.463. The Balaban J connectivity index is 2.10. The number of hydrogen-bond donors (Lipinski definition) is 0. The van der Waals surface area contributed by atoms with Crippen LogP contribution in [0.15, 0.2) is 0 Å². The molecule has 2 aliphatic rings. The van der Waals surface area contributed by atoms with E-state index in [4.69, 9.17) is 0 Å². The predicted octanol–water partition coefficient (Wildman–Crippen LogP) is 1.55. The minimum Gasteiger partial charge on any atom is -0.265 e. The minimum absolute atomic E-state index is 0.764. The second kappa shape index (κ2) is 3.69. The van der Waals surface area contributed by atoms with Crippen LogP contribution in [-0.4, -0.2) is 41.5 Å². The number of rotatable bonds is 2. The molecule has 0 bridgehead atoms. The van der Waals surface area contributed by atoms with Crippen LogP contribution in [0.5, 0.6) is 0 Å². The molecule has 2 fully saturated rings. The fourth-order valence-electron chi connectivity index (χ4n) is 2.10. The van der Waals surface area contributed by atoms with E-state index >= 15 is 0 Å². The number of amidine groups is 1. The first-order valence-electron chi connectivity index (χ1n) is 5.69. The first kappa shape index (κ1) is 9.04. The molecule has 0 radical (unpaired) electrons. The van der Waals surface area contributed by atoms with E-state index in [1.54, 1.807) is 5.84 Å². The lowest BCUT2D eigenvalue weighted by Crippen LogP contribution is -2.51. The highest BCUT2D eigenvalue weighted by molar-refractivity contribution is 5.80. The third-order valence-corrected chi connectivity index (χ3v) is 3.41. The molecule has 2 rings (SSSR count). The van der Waals surface area contributed by atoms with Crippen LogP contribution in [0, 0.1) is 5.92 Å². The molecule has 1 unspecified atom stereocenters. The molecule has 0 amide bonds. The molecule has 2 nitrogen and oxygen atoms in total. The Morgan fingerprint density at radius 2 is 2.00 bits per heavy atom. The van der Waals surface area contributed by atoms with Crippen LogP contribution in [0.1, 0.15) is 33.1 Å². The van der Waals surface area contributed by atoms with Gasteiger partial charge in [-0.25, -0.2) is 0 Å². The molecule has 0 aromatic rings. The monoisotopic (exact) mass is 181 g/mol. The molecule has 0 N–H and O–H groups in total. The van der Waals surface area contributed by atoms with Gasteiger partial charge in [-0.15, -0.1) is 0 Å². The van der Waals surface area contributed by atoms with Crippen LogP contribution in [0.2, 0.25) is 0 Å². The molecule has 2 saturated heterocycles. The van der Waals surface area contributed by atoms with E-state index in [-0.39, 0.29) is 0 Å². The first-order valence-corrected chi connectivity index (χ1v) is 5.69. The zero-order valence-electron chi connectivity index (χ0n) is 8.92. The van der Waals surface area contributed by atoms with E-state index in [9.17, 15) is 0 Å². The standard InChI is InChI=1S/C11H21N2/c1-3-10(2)11(12-6-4-7-12)13-8-5-9-13/h10H,3-9H2,1-2H3/q+1. The van der Waals surface area contributed by atoms with E-state index in [0.29, 0.717) is 0 Å². The molecule has 74 valence electrons. The average molecular weight is 181 g/mol. The Morgan fingerprint density at radius 3 is 2.31 bits per heavy atom. The summed E-state index contributed by atoms with van der Waals surface area (Å²) >= 11 is 0. The molecule has 2 aliphatic heterocycles. The maximum absolute atomic E-state index is 2.58. The third kappa shape index (κ3) is 1.59. The molecule has 2 heteroatoms. The maximum Gasteiger partial charge on any atom is 0.249 e. The number of nitrogens with zero attached hydrogens (tertiary/aromatic N) is 2. The van der Waals surface area contributed by atoms with Gasteiger partial charge in [0.15, 0.2) is 0 Å². The van der Waals surface area contributed by atoms with Crippen molar-refractivity contribution in [2.24, 2.45) is 5.92 Å². The predicted molar refractivity (Wildman–Crippen MR) is 55.3 cm³/mol. The van der Waals surface area contributed by atoms with Crippen molar-refractivity contribution in [1.29, 1.82) is 0 Å². The summed E-state index contributed by atoms with van der Waals surface area (Å²) in [5.74, 6) is 2.40. The van der Waals surface area contributed by atoms with Crippen LogP contribution in [-0.2, 0) is 0 Å². The van der Waals surface area contributed by atoms with Crippen molar-refractivity contribution in [2.45, 2.75) is 33.1 Å². The molecule has 13 heavy (non-hydrogen) atoms. The van der Waals surface area contributed by atoms with Gasteiger partial charge in [0, 0.05) is 12.8 Å². The van der Waals surface area contributed by atoms with E-state index in [2.05, 4.69) is 23.3 Å². The zero-order valence-corrected chi connectivity index (χ0v) is 8.92. The van der Waals surface area contributed by atoms with Crippen LogP contribution < -0.4 is 0 Å². The van der Waals surface area contributed by atoms with Gasteiger partial charge < -0.3 is 0 Å². The van der Waals surface area contributed by atoms with Gasteiger partial charge >= 0.3 is 0 Å². The SMILES string of the molecule is CCC(C)C(N1CCC1)=[N+]1CCC1. The molecule has 0 aliphatic carbocycles. The van der Waals surface area contributed by atoms with Crippen molar-refractivity contribution in [3.8, 4) is 0 Å². The fraction of sp³-hybridized carbons (Fsp3) is 0.909. The van der Waals surface area contributed by atoms with Gasteiger partial charge in [0.05, 0.1) is 32.1 Å². The van der Waals surface area contributed by atoms with Gasteiger partial charge in [0.1, 0.15) is 0 Å². The van der Waals surface area contributed by atoms with Gasteiger partial charge in [-0.1, -0.05) is 13.8 Å². The number of likely N-dealkylation sites (tertiary alicyclic amines) is 1. The van der Waals surface area contributed by atoms with Gasteiger partial charge in [0.2, 0.25) is 5.84 Å². The van der Waals surface area contributed by atoms with Gasteiger partial charge in [0.25, 0.3) is 0 Å². The summed E-state index contributed by atoms with van der Waals surface area (Å²) in [6.07, 6.45) is 4.07. The summed E-state index contributed by atoms with van der Waals surface area (Å²) in [4.78, 5) is 2.58. The molecule has 0 spiro atoms. The summed E-state index contributed by atoms with van der Waals surface area (Å²) < 4.78 is 2.58. The van der Waals surface area contributed by atoms with Crippen LogP contribution in [0.4, 0.5) is 0 Å². The summed E-state index contributed by atoms with van der Waals surface area (Å²) in [7, 11) is 0. The second-order valence-corrected chi connectivity index (χ2v) is 4.35. The number of hydrogen-bond acceptors (Lipinski definition) is 0. The topological polar surface area (TPSA) is 6.25 Å². The lowest BCUT2D eigenvalue weighted by Gasteiger charge is -2.33. The van der Waals surface area contributed by atoms with Crippen molar-refractivity contribution in [3.63, 3.8) is 0 Å². The largest absolute Gasteiger partial charge is 0.265 e. The molecular weight excluding hydrogens is 160 g/mol. The van der Waals surface area contributed by atoms with Crippen LogP contribution in [0.3, 0.4) is 0 Å². The van der Waals surface area contributed by atoms with Crippen molar-refractivity contribution in [1.82, 2.24) is 4.90 Å². The molecule has 0 aromatic heterocycles. The zero-order chi connectivity index (χ0) is 9.26. The first-order chi connectivity index (χ1) is 6.33. The molecule has 0 aromatic carbocycles. The summed E-state index contributed by atoms with van der Waals surface area (Å²) in [5, 5.41) is 0. The third-order valence-electron chi connectivity index (χ3n) is 3.41. The van der Waals surface area contributed by atoms with Crippen molar-refractivity contribution >= 4 is 5.84 Å². The Morgan fingerprint density at radius 1 is 1.31 bits per heavy atom. The van der Waals surface area contributed by atoms with Crippen molar-refractivity contribution in [2.75, 3.05) is 26.2 Å². The summed E-state index contributed by atoms with van der Waals surface area (Å²) in [5.41, 5.74) is 0. The smallest absolute Gasteiger partial charge is 0.249 e. The molecule has 0 saturated carbocycles. The average Bonchev–Trinajstić information content (AvgIpc) is 1.95. The molecule has 2 heterocycles. The molecule has 1 atom stereocenters. The maximum atomic E-state index is 2.58. The second-order valence-electron chi connectivity index (χ2n) is 4.35. The lowest BCUT2D eigenvalue weighted by molar-refractivity contribution is -0.590. The highest BCUT2D eigenvalue weighted by Crippen LogP contribution is 2.17. The summed E-state index contributed by atoms with van der Waals surface area (Å²) in [6, 6.07) is 0. The Bertz CT molecular complexity index is 203. The van der Waals surface area contributed by atoms with E-state index < -0.39 is 0 Å². The summed E-state index contributed by atoms with van der Waals surface area (Å²) in [6.45, 7) is 9.87. The van der Waals surface area contributed by atoms with Gasteiger partial charge in [-0.3, -0.25) is 9.48 Å². The van der Waals surface area contributed by atoms with E-state index in [0.717, 1.165) is 5.92 Å². The van der Waals surface area contributed by atoms with Crippen molar-refractivity contribution < 1.29 is 4.58 Å². The van der Waals surface area contributed by atoms with Crippen molar-refractivity contribution in [3.05, 3.63) is 0 Å². The minimum atomic E-state index is 0.764. The highest BCUT2D eigenvalue weighted by atomic mass is 15.3. The normalized spacial score (nSPS) is 23.5. The van der Waals surface area contributed by atoms with Crippen LogP contribution in [0.25, 0.3) is 0 Å². The van der Waals surface area contributed by atoms with Crippen LogP contribution >= 0.6 is 0 Å². The Hall–Kier alpha value is -0.530. The van der Waals surface area contributed by atoms with E-state index in [1.807, 2.05) is 0 Å². The Kier molecular flexibility index (Phi) is 2.56. The molecular formula is C11H21N2+. The van der Waals surface area contributed by atoms with Gasteiger partial charge in [-0.2, -0.15) is 0 Å². The lowest BCUT2D eigenvalue weighted by atomic mass is 10.0. The Labute approximate surface area is 81.2 Å². The fourth-order valence-corrected chi connectivity index (χ4v) is 2.10. The highest BCUT2D eigenvalue weighted by Gasteiger charge is 2.33.